The van der Waals surface area contributed by atoms with Crippen LogP contribution in [-0.4, -0.2) is 41.7 Å². The molecule has 240 valence electrons. The predicted octanol–water partition coefficient (Wildman–Crippen LogP) is 9.44. The summed E-state index contributed by atoms with van der Waals surface area (Å²) >= 11 is 3.56. The minimum atomic E-state index is -0.493. The van der Waals surface area contributed by atoms with Gasteiger partial charge >= 0.3 is 7.12 Å². The molecule has 48 heavy (non-hydrogen) atoms. The quantitative estimate of drug-likeness (QED) is 0.133. The van der Waals surface area contributed by atoms with Crippen molar-refractivity contribution in [3.63, 3.8) is 0 Å². The van der Waals surface area contributed by atoms with E-state index in [1.165, 1.54) is 0 Å². The second kappa shape index (κ2) is 12.9. The number of nitrogens with zero attached hydrogens (tertiary/aromatic N) is 4. The molecule has 0 saturated carbocycles. The molecule has 6 aromatic rings. The van der Waals surface area contributed by atoms with E-state index in [0.29, 0.717) is 11.4 Å². The summed E-state index contributed by atoms with van der Waals surface area (Å²) in [6, 6.07) is 27.2. The topological polar surface area (TPSA) is 55.5 Å². The first-order valence-electron chi connectivity index (χ1n) is 15.3. The van der Waals surface area contributed by atoms with Crippen LogP contribution in [0.1, 0.15) is 27.7 Å². The van der Waals surface area contributed by atoms with E-state index in [4.69, 9.17) is 31.9 Å². The molecule has 0 aliphatic carbocycles. The molecule has 0 spiro atoms. The van der Waals surface area contributed by atoms with E-state index >= 15 is 0 Å². The lowest BCUT2D eigenvalue weighted by Crippen LogP contribution is -2.41. The predicted molar refractivity (Wildman–Crippen MR) is 196 cm³/mol. The van der Waals surface area contributed by atoms with Crippen LogP contribution in [0.3, 0.4) is 0 Å². The first-order chi connectivity index (χ1) is 23.0. The molecule has 1 aliphatic rings. The zero-order valence-corrected chi connectivity index (χ0v) is 29.2. The smallest absolute Gasteiger partial charge is 0.497 e. The van der Waals surface area contributed by atoms with E-state index in [9.17, 15) is 0 Å². The van der Waals surface area contributed by atoms with Gasteiger partial charge in [0.2, 0.25) is 0 Å². The first kappa shape index (κ1) is 32.9. The highest BCUT2D eigenvalue weighted by Crippen LogP contribution is 2.38. The molecule has 1 aliphatic heterocycles. The zero-order valence-electron chi connectivity index (χ0n) is 27.6. The van der Waals surface area contributed by atoms with Crippen LogP contribution in [-0.2, 0) is 9.31 Å². The Morgan fingerprint density at radius 2 is 1.08 bits per heavy atom. The molecule has 2 aromatic heterocycles. The molecule has 0 unspecified atom stereocenters. The van der Waals surface area contributed by atoms with Gasteiger partial charge in [-0.3, -0.25) is 0 Å². The maximum atomic E-state index is 7.38. The van der Waals surface area contributed by atoms with Crippen molar-refractivity contribution < 1.29 is 18.8 Å². The average Bonchev–Trinajstić information content (AvgIpc) is 3.72. The summed E-state index contributed by atoms with van der Waals surface area (Å²) in [5.74, 6) is 1.64. The van der Waals surface area contributed by atoms with Crippen LogP contribution in [0, 0.1) is 13.1 Å². The van der Waals surface area contributed by atoms with Crippen LogP contribution in [0.5, 0.6) is 11.5 Å². The molecule has 0 radical (unpaired) electrons. The van der Waals surface area contributed by atoms with Crippen molar-refractivity contribution in [1.29, 1.82) is 0 Å². The molecule has 1 fully saturated rings. The Hall–Kier alpha value is -5.00. The fraction of sp³-hybridized carbons (Fsp3) is 0.211. The van der Waals surface area contributed by atoms with Crippen LogP contribution in [0.4, 0.5) is 11.4 Å². The fourth-order valence-electron chi connectivity index (χ4n) is 5.63. The lowest BCUT2D eigenvalue weighted by Gasteiger charge is -2.32. The number of hydrogen-bond acceptors (Lipinski definition) is 4. The second-order valence-corrected chi connectivity index (χ2v) is 13.3. The third-order valence-corrected chi connectivity index (χ3v) is 9.66. The van der Waals surface area contributed by atoms with Crippen molar-refractivity contribution in [2.75, 3.05) is 14.2 Å². The van der Waals surface area contributed by atoms with Gasteiger partial charge in [0.05, 0.1) is 44.1 Å². The van der Waals surface area contributed by atoms with E-state index in [0.717, 1.165) is 54.6 Å². The summed E-state index contributed by atoms with van der Waals surface area (Å²) in [4.78, 5) is 7.06. The molecule has 4 aromatic carbocycles. The summed E-state index contributed by atoms with van der Waals surface area (Å²) < 4.78 is 28.2. The third-order valence-electron chi connectivity index (χ3n) is 9.02. The van der Waals surface area contributed by atoms with Gasteiger partial charge in [-0.2, -0.15) is 0 Å². The highest BCUT2D eigenvalue weighted by molar-refractivity contribution is 9.10. The van der Waals surface area contributed by atoms with Gasteiger partial charge in [0, 0.05) is 44.6 Å². The number of benzene rings is 4. The number of fused-ring (bicyclic) bond motifs is 2. The molecule has 0 bridgehead atoms. The second-order valence-electron chi connectivity index (χ2n) is 12.4. The van der Waals surface area contributed by atoms with Gasteiger partial charge < -0.3 is 27.9 Å². The monoisotopic (exact) mass is 700 g/mol. The van der Waals surface area contributed by atoms with Crippen LogP contribution in [0.2, 0.25) is 0 Å². The van der Waals surface area contributed by atoms with Crippen LogP contribution in [0.15, 0.2) is 102 Å². The largest absolute Gasteiger partial charge is 0.497 e. The Kier molecular flexibility index (Phi) is 8.85. The SMILES string of the molecule is [C-]#[N+]c1ccc2c(c1)c(B1OC(C)(C)C(C)(C)O1)cn2-c1ccc(OC)cc1.[C-]#[N+]c1ccc2c(c1)c(Br)cn2-c1ccc(OC)cc1. The van der Waals surface area contributed by atoms with E-state index in [2.05, 4.69) is 34.8 Å². The summed E-state index contributed by atoms with van der Waals surface area (Å²) in [5, 5.41) is 2.00. The highest BCUT2D eigenvalue weighted by Gasteiger charge is 2.52. The molecule has 8 nitrogen and oxygen atoms in total. The van der Waals surface area contributed by atoms with Gasteiger partial charge in [-0.1, -0.05) is 12.1 Å². The van der Waals surface area contributed by atoms with Crippen LogP contribution in [0.25, 0.3) is 42.9 Å². The Morgan fingerprint density at radius 1 is 0.646 bits per heavy atom. The number of methoxy groups -OCH3 is 2. The molecular weight excluding hydrogens is 667 g/mol. The number of rotatable bonds is 5. The number of halogens is 1. The Morgan fingerprint density at radius 3 is 1.54 bits per heavy atom. The van der Waals surface area contributed by atoms with Crippen molar-refractivity contribution in [3.8, 4) is 22.9 Å². The lowest BCUT2D eigenvalue weighted by molar-refractivity contribution is 0.00578. The normalized spacial score (nSPS) is 14.6. The van der Waals surface area contributed by atoms with Crippen molar-refractivity contribution >= 4 is 61.7 Å². The Bertz CT molecular complexity index is 2190. The summed E-state index contributed by atoms with van der Waals surface area (Å²) in [6.07, 6.45) is 4.06. The van der Waals surface area contributed by atoms with Gasteiger partial charge in [-0.05, 0) is 122 Å². The standard InChI is InChI=1S/C22H23BN2O3.C16H11BrN2O/c1-21(2)22(3,4)28-23(27-21)19-14-25(16-8-10-17(26-6)11-9-16)20-12-7-15(24-5)13-18(19)20;1-18-11-3-8-16-14(9-11)15(17)10-19(16)12-4-6-13(20-2)7-5-12/h7-14H,1-4,6H3;3-10H,2H3. The molecule has 0 atom stereocenters. The molecule has 1 saturated heterocycles. The molecule has 7 rings (SSSR count). The summed E-state index contributed by atoms with van der Waals surface area (Å²) in [7, 11) is 2.82. The van der Waals surface area contributed by atoms with E-state index in [-0.39, 0.29) is 0 Å². The van der Waals surface area contributed by atoms with E-state index in [1.807, 2.05) is 125 Å². The first-order valence-corrected chi connectivity index (χ1v) is 16.1. The van der Waals surface area contributed by atoms with E-state index in [1.54, 1.807) is 14.2 Å². The van der Waals surface area contributed by atoms with Gasteiger partial charge in [0.25, 0.3) is 0 Å². The summed E-state index contributed by atoms with van der Waals surface area (Å²) in [6.45, 7) is 22.6. The molecular formula is C38H34BBrN4O4. The van der Waals surface area contributed by atoms with Crippen molar-refractivity contribution in [1.82, 2.24) is 9.13 Å². The number of aromatic nitrogens is 2. The molecule has 3 heterocycles. The highest BCUT2D eigenvalue weighted by atomic mass is 79.9. The molecule has 0 amide bonds. The van der Waals surface area contributed by atoms with Gasteiger partial charge in [-0.25, -0.2) is 9.69 Å². The van der Waals surface area contributed by atoms with Gasteiger partial charge in [0.15, 0.2) is 11.4 Å². The number of hydrogen-bond donors (Lipinski definition) is 0. The number of ether oxygens (including phenoxy) is 2. The van der Waals surface area contributed by atoms with Crippen LogP contribution < -0.4 is 14.9 Å². The summed E-state index contributed by atoms with van der Waals surface area (Å²) in [5.41, 5.74) is 5.43. The maximum Gasteiger partial charge on any atom is 0.497 e. The lowest BCUT2D eigenvalue weighted by atomic mass is 9.79. The Labute approximate surface area is 289 Å². The van der Waals surface area contributed by atoms with Gasteiger partial charge in [-0.15, -0.1) is 0 Å². The van der Waals surface area contributed by atoms with Gasteiger partial charge in [0.1, 0.15) is 11.5 Å². The minimum absolute atomic E-state index is 0.427. The zero-order chi connectivity index (χ0) is 34.2. The molecule has 10 heteroatoms. The minimum Gasteiger partial charge on any atom is -0.497 e. The van der Waals surface area contributed by atoms with Crippen LogP contribution >= 0.6 is 15.9 Å². The van der Waals surface area contributed by atoms with Crippen molar-refractivity contribution in [3.05, 3.63) is 125 Å². The van der Waals surface area contributed by atoms with Crippen molar-refractivity contribution in [2.24, 2.45) is 0 Å². The van der Waals surface area contributed by atoms with E-state index < -0.39 is 18.3 Å². The fourth-order valence-corrected chi connectivity index (χ4v) is 6.15. The van der Waals surface area contributed by atoms with Crippen molar-refractivity contribution in [2.45, 2.75) is 38.9 Å². The molecule has 0 N–H and O–H groups in total. The third kappa shape index (κ3) is 6.07. The maximum absolute atomic E-state index is 7.38. The average molecular weight is 701 g/mol. The Balaban J connectivity index is 0.000000177.